The normalized spacial score (nSPS) is 18.6. The fourth-order valence-electron chi connectivity index (χ4n) is 3.02. The highest BCUT2D eigenvalue weighted by Crippen LogP contribution is 2.35. The summed E-state index contributed by atoms with van der Waals surface area (Å²) in [7, 11) is 0. The zero-order chi connectivity index (χ0) is 18.0. The molecular formula is C18H22N4O3. The third-order valence-electron chi connectivity index (χ3n) is 4.37. The Bertz CT molecular complexity index is 768. The molecule has 0 radical (unpaired) electrons. The molecule has 3 heterocycles. The van der Waals surface area contributed by atoms with Gasteiger partial charge in [0.25, 0.3) is 0 Å². The lowest BCUT2D eigenvalue weighted by molar-refractivity contribution is -0.384. The number of piperidine rings is 1. The minimum atomic E-state index is -0.393. The molecule has 1 spiro atoms. The second-order valence-electron chi connectivity index (χ2n) is 6.79. The van der Waals surface area contributed by atoms with E-state index in [1.807, 2.05) is 31.7 Å². The van der Waals surface area contributed by atoms with E-state index in [0.717, 1.165) is 24.2 Å². The van der Waals surface area contributed by atoms with Crippen LogP contribution in [-0.2, 0) is 4.84 Å². The standard InChI is InChI=1S/C18H22N4O3/c1-13(2)4-6-15-12-18(25-20-15)8-10-21(11-9-18)17-16(22(23)24)7-5-14(3)19-17/h5,7,12-13,20H,8-11H2,1-3H3. The zero-order valence-electron chi connectivity index (χ0n) is 14.7. The Balaban J connectivity index is 1.74. The summed E-state index contributed by atoms with van der Waals surface area (Å²) >= 11 is 0. The van der Waals surface area contributed by atoms with Crippen molar-refractivity contribution in [2.24, 2.45) is 5.92 Å². The van der Waals surface area contributed by atoms with Gasteiger partial charge in [-0.2, -0.15) is 0 Å². The molecule has 1 N–H and O–H groups in total. The van der Waals surface area contributed by atoms with Gasteiger partial charge in [0.05, 0.1) is 4.92 Å². The smallest absolute Gasteiger partial charge is 0.311 e. The van der Waals surface area contributed by atoms with Crippen molar-refractivity contribution in [3.63, 3.8) is 0 Å². The van der Waals surface area contributed by atoms with E-state index in [1.165, 1.54) is 6.07 Å². The molecule has 1 saturated heterocycles. The monoisotopic (exact) mass is 342 g/mol. The Morgan fingerprint density at radius 2 is 2.12 bits per heavy atom. The molecule has 0 atom stereocenters. The van der Waals surface area contributed by atoms with E-state index in [2.05, 4.69) is 22.3 Å². The van der Waals surface area contributed by atoms with E-state index in [1.54, 1.807) is 6.07 Å². The second kappa shape index (κ2) is 6.73. The highest BCUT2D eigenvalue weighted by Gasteiger charge is 2.39. The van der Waals surface area contributed by atoms with Gasteiger partial charge in [-0.1, -0.05) is 19.8 Å². The molecule has 0 bridgehead atoms. The van der Waals surface area contributed by atoms with Gasteiger partial charge in [-0.3, -0.25) is 20.4 Å². The molecule has 0 aromatic carbocycles. The Morgan fingerprint density at radius 3 is 2.76 bits per heavy atom. The van der Waals surface area contributed by atoms with Crippen LogP contribution in [0.5, 0.6) is 0 Å². The average Bonchev–Trinajstić information content (AvgIpc) is 2.96. The fourth-order valence-corrected chi connectivity index (χ4v) is 3.02. The van der Waals surface area contributed by atoms with Crippen LogP contribution in [0.1, 0.15) is 32.4 Å². The zero-order valence-corrected chi connectivity index (χ0v) is 14.7. The van der Waals surface area contributed by atoms with Gasteiger partial charge in [-0.05, 0) is 25.0 Å². The van der Waals surface area contributed by atoms with Crippen LogP contribution in [0.3, 0.4) is 0 Å². The first-order valence-corrected chi connectivity index (χ1v) is 8.44. The molecule has 1 aromatic rings. The Kier molecular flexibility index (Phi) is 4.64. The SMILES string of the molecule is Cc1ccc([N+](=O)[O-])c(N2CCC3(C=C(C#CC(C)C)NO3)CC2)n1. The number of nitro groups is 1. The molecule has 0 saturated carbocycles. The molecule has 0 amide bonds. The first kappa shape index (κ1) is 17.2. The van der Waals surface area contributed by atoms with Crippen molar-refractivity contribution in [2.75, 3.05) is 18.0 Å². The molecule has 2 aliphatic rings. The summed E-state index contributed by atoms with van der Waals surface area (Å²) in [5, 5.41) is 11.3. The van der Waals surface area contributed by atoms with Gasteiger partial charge in [0.1, 0.15) is 11.3 Å². The van der Waals surface area contributed by atoms with Crippen LogP contribution in [0.25, 0.3) is 0 Å². The third kappa shape index (κ3) is 3.74. The summed E-state index contributed by atoms with van der Waals surface area (Å²) in [5.41, 5.74) is 4.13. The lowest BCUT2D eigenvalue weighted by Crippen LogP contribution is -2.45. The molecule has 2 aliphatic heterocycles. The molecule has 25 heavy (non-hydrogen) atoms. The van der Waals surface area contributed by atoms with Crippen molar-refractivity contribution < 1.29 is 9.76 Å². The lowest BCUT2D eigenvalue weighted by Gasteiger charge is -2.36. The number of hydrogen-bond donors (Lipinski definition) is 1. The Hall–Kier alpha value is -2.59. The summed E-state index contributed by atoms with van der Waals surface area (Å²) in [6.07, 6.45) is 3.48. The van der Waals surface area contributed by atoms with Crippen molar-refractivity contribution in [2.45, 2.75) is 39.2 Å². The molecule has 3 rings (SSSR count). The molecule has 7 nitrogen and oxygen atoms in total. The van der Waals surface area contributed by atoms with Gasteiger partial charge < -0.3 is 4.90 Å². The number of rotatable bonds is 2. The summed E-state index contributed by atoms with van der Waals surface area (Å²) in [5.74, 6) is 6.94. The van der Waals surface area contributed by atoms with Crippen LogP contribution in [0.4, 0.5) is 11.5 Å². The molecular weight excluding hydrogens is 320 g/mol. The van der Waals surface area contributed by atoms with Crippen LogP contribution in [0.2, 0.25) is 0 Å². The van der Waals surface area contributed by atoms with E-state index in [9.17, 15) is 10.1 Å². The minimum Gasteiger partial charge on any atom is -0.351 e. The first-order chi connectivity index (χ1) is 11.9. The number of aryl methyl sites for hydroxylation is 1. The fraction of sp³-hybridized carbons (Fsp3) is 0.500. The average molecular weight is 342 g/mol. The van der Waals surface area contributed by atoms with Crippen molar-refractivity contribution in [3.8, 4) is 11.8 Å². The van der Waals surface area contributed by atoms with E-state index >= 15 is 0 Å². The molecule has 7 heteroatoms. The van der Waals surface area contributed by atoms with E-state index in [4.69, 9.17) is 4.84 Å². The third-order valence-corrected chi connectivity index (χ3v) is 4.37. The molecule has 1 fully saturated rings. The summed E-state index contributed by atoms with van der Waals surface area (Å²) in [4.78, 5) is 23.0. The molecule has 0 aliphatic carbocycles. The number of hydrogen-bond acceptors (Lipinski definition) is 6. The summed E-state index contributed by atoms with van der Waals surface area (Å²) < 4.78 is 0. The van der Waals surface area contributed by atoms with Gasteiger partial charge in [0.2, 0.25) is 5.82 Å². The predicted octanol–water partition coefficient (Wildman–Crippen LogP) is 2.72. The van der Waals surface area contributed by atoms with Crippen LogP contribution in [0.15, 0.2) is 23.9 Å². The van der Waals surface area contributed by atoms with Gasteiger partial charge in [-0.25, -0.2) is 4.98 Å². The van der Waals surface area contributed by atoms with Crippen LogP contribution in [0, 0.1) is 34.8 Å². The first-order valence-electron chi connectivity index (χ1n) is 8.44. The Labute approximate surface area is 147 Å². The van der Waals surface area contributed by atoms with E-state index in [0.29, 0.717) is 24.8 Å². The van der Waals surface area contributed by atoms with Crippen molar-refractivity contribution >= 4 is 11.5 Å². The number of pyridine rings is 1. The molecule has 1 aromatic heterocycles. The number of allylic oxidation sites excluding steroid dienone is 1. The second-order valence-corrected chi connectivity index (χ2v) is 6.79. The lowest BCUT2D eigenvalue weighted by atomic mass is 9.91. The van der Waals surface area contributed by atoms with E-state index in [-0.39, 0.29) is 10.6 Å². The number of nitrogens with one attached hydrogen (secondary N) is 1. The number of nitrogens with zero attached hydrogens (tertiary/aromatic N) is 3. The topological polar surface area (TPSA) is 80.5 Å². The number of anilines is 1. The quantitative estimate of drug-likeness (QED) is 0.506. The van der Waals surface area contributed by atoms with Crippen LogP contribution >= 0.6 is 0 Å². The van der Waals surface area contributed by atoms with Crippen molar-refractivity contribution in [1.29, 1.82) is 0 Å². The highest BCUT2D eigenvalue weighted by atomic mass is 16.7. The van der Waals surface area contributed by atoms with Gasteiger partial charge in [0, 0.05) is 43.6 Å². The van der Waals surface area contributed by atoms with Crippen molar-refractivity contribution in [3.05, 3.63) is 39.7 Å². The van der Waals surface area contributed by atoms with Gasteiger partial charge in [0.15, 0.2) is 0 Å². The van der Waals surface area contributed by atoms with Gasteiger partial charge in [-0.15, -0.1) is 0 Å². The maximum Gasteiger partial charge on any atom is 0.311 e. The molecule has 0 unspecified atom stereocenters. The number of hydroxylamine groups is 1. The Morgan fingerprint density at radius 1 is 1.40 bits per heavy atom. The van der Waals surface area contributed by atoms with E-state index < -0.39 is 5.60 Å². The van der Waals surface area contributed by atoms with Crippen LogP contribution < -0.4 is 10.4 Å². The maximum atomic E-state index is 11.3. The summed E-state index contributed by atoms with van der Waals surface area (Å²) in [6, 6.07) is 3.19. The number of aromatic nitrogens is 1. The van der Waals surface area contributed by atoms with Gasteiger partial charge >= 0.3 is 5.69 Å². The minimum absolute atomic E-state index is 0.0473. The largest absolute Gasteiger partial charge is 0.351 e. The predicted molar refractivity (Wildman–Crippen MR) is 94.7 cm³/mol. The van der Waals surface area contributed by atoms with Crippen LogP contribution in [-0.4, -0.2) is 28.6 Å². The van der Waals surface area contributed by atoms with Crippen molar-refractivity contribution in [1.82, 2.24) is 10.5 Å². The maximum absolute atomic E-state index is 11.3. The summed E-state index contributed by atoms with van der Waals surface area (Å²) in [6.45, 7) is 7.20. The highest BCUT2D eigenvalue weighted by molar-refractivity contribution is 5.58. The molecule has 132 valence electrons.